The summed E-state index contributed by atoms with van der Waals surface area (Å²) in [6.45, 7) is 0. The monoisotopic (exact) mass is 183 g/mol. The van der Waals surface area contributed by atoms with Crippen molar-refractivity contribution in [2.75, 3.05) is 21.3 Å². The highest BCUT2D eigenvalue weighted by molar-refractivity contribution is 5.21. The molecule has 1 aliphatic rings. The third-order valence-electron chi connectivity index (χ3n) is 2.25. The molecule has 0 saturated heterocycles. The first-order chi connectivity index (χ1) is 6.31. The van der Waals surface area contributed by atoms with Crippen molar-refractivity contribution in [1.82, 2.24) is 5.32 Å². The van der Waals surface area contributed by atoms with Gasteiger partial charge in [0.15, 0.2) is 0 Å². The van der Waals surface area contributed by atoms with Gasteiger partial charge in [-0.2, -0.15) is 0 Å². The molecule has 0 aliphatic heterocycles. The summed E-state index contributed by atoms with van der Waals surface area (Å²) in [5.74, 6) is 1.82. The molecule has 0 saturated carbocycles. The van der Waals surface area contributed by atoms with Crippen LogP contribution in [0.3, 0.4) is 0 Å². The first-order valence-corrected chi connectivity index (χ1v) is 4.48. The molecule has 1 aliphatic carbocycles. The zero-order valence-corrected chi connectivity index (χ0v) is 8.46. The number of rotatable bonds is 3. The van der Waals surface area contributed by atoms with Crippen LogP contribution in [0, 0.1) is 0 Å². The Hall–Kier alpha value is -0.960. The molecule has 0 spiro atoms. The molecule has 0 radical (unpaired) electrons. The van der Waals surface area contributed by atoms with Gasteiger partial charge >= 0.3 is 0 Å². The molecule has 74 valence electrons. The summed E-state index contributed by atoms with van der Waals surface area (Å²) in [5, 5.41) is 3.21. The van der Waals surface area contributed by atoms with Gasteiger partial charge in [0, 0.05) is 6.08 Å². The van der Waals surface area contributed by atoms with Crippen molar-refractivity contribution in [3.05, 3.63) is 23.7 Å². The Morgan fingerprint density at radius 1 is 1.38 bits per heavy atom. The second-order valence-electron chi connectivity index (χ2n) is 2.98. The van der Waals surface area contributed by atoms with Gasteiger partial charge in [-0.25, -0.2) is 0 Å². The average molecular weight is 183 g/mol. The minimum Gasteiger partial charge on any atom is -0.499 e. The number of likely N-dealkylation sites (N-methyl/N-ethyl adjacent to an activating group) is 1. The van der Waals surface area contributed by atoms with Gasteiger partial charge in [-0.05, 0) is 26.0 Å². The quantitative estimate of drug-likeness (QED) is 0.718. The number of hydrogen-bond donors (Lipinski definition) is 1. The molecule has 0 heterocycles. The second-order valence-corrected chi connectivity index (χ2v) is 2.98. The van der Waals surface area contributed by atoms with Gasteiger partial charge in [-0.1, -0.05) is 0 Å². The zero-order chi connectivity index (χ0) is 9.68. The number of methoxy groups -OCH3 is 2. The summed E-state index contributed by atoms with van der Waals surface area (Å²) >= 11 is 0. The largest absolute Gasteiger partial charge is 0.499 e. The molecule has 3 nitrogen and oxygen atoms in total. The number of nitrogens with one attached hydrogen (secondary N) is 1. The van der Waals surface area contributed by atoms with Gasteiger partial charge in [-0.3, -0.25) is 0 Å². The summed E-state index contributed by atoms with van der Waals surface area (Å²) in [6, 6.07) is 0.300. The van der Waals surface area contributed by atoms with Crippen molar-refractivity contribution in [3.63, 3.8) is 0 Å². The highest BCUT2D eigenvalue weighted by Gasteiger charge is 2.15. The van der Waals surface area contributed by atoms with Crippen molar-refractivity contribution < 1.29 is 9.47 Å². The molecule has 13 heavy (non-hydrogen) atoms. The van der Waals surface area contributed by atoms with E-state index in [9.17, 15) is 0 Å². The molecule has 0 amide bonds. The minimum atomic E-state index is 0.300. The lowest BCUT2D eigenvalue weighted by Crippen LogP contribution is -2.27. The van der Waals surface area contributed by atoms with E-state index in [0.29, 0.717) is 6.04 Å². The SMILES string of the molecule is CNC1CCC=C(OC)C=C1OC. The van der Waals surface area contributed by atoms with Crippen LogP contribution >= 0.6 is 0 Å². The number of hydrogen-bond acceptors (Lipinski definition) is 3. The van der Waals surface area contributed by atoms with Crippen molar-refractivity contribution in [2.45, 2.75) is 18.9 Å². The lowest BCUT2D eigenvalue weighted by Gasteiger charge is -2.16. The lowest BCUT2D eigenvalue weighted by atomic mass is 10.1. The van der Waals surface area contributed by atoms with E-state index < -0.39 is 0 Å². The first kappa shape index (κ1) is 10.1. The molecule has 0 aromatic heterocycles. The van der Waals surface area contributed by atoms with E-state index in [2.05, 4.69) is 11.4 Å². The Bertz CT molecular complexity index is 221. The standard InChI is InChI=1S/C10H17NO2/c1-11-9-6-4-5-8(12-2)7-10(9)13-3/h5,7,9,11H,4,6H2,1-3H3. The maximum atomic E-state index is 5.28. The van der Waals surface area contributed by atoms with Crippen molar-refractivity contribution in [3.8, 4) is 0 Å². The molecule has 1 atom stereocenters. The number of ether oxygens (including phenoxy) is 2. The van der Waals surface area contributed by atoms with Crippen LogP contribution in [-0.2, 0) is 9.47 Å². The molecular weight excluding hydrogens is 166 g/mol. The fourth-order valence-corrected chi connectivity index (χ4v) is 1.46. The highest BCUT2D eigenvalue weighted by Crippen LogP contribution is 2.18. The molecular formula is C10H17NO2. The van der Waals surface area contributed by atoms with Crippen molar-refractivity contribution in [2.24, 2.45) is 0 Å². The molecule has 1 N–H and O–H groups in total. The highest BCUT2D eigenvalue weighted by atomic mass is 16.5. The maximum absolute atomic E-state index is 5.28. The normalized spacial score (nSPS) is 22.8. The minimum absolute atomic E-state index is 0.300. The molecule has 0 aromatic rings. The van der Waals surface area contributed by atoms with Crippen LogP contribution in [-0.4, -0.2) is 27.3 Å². The van der Waals surface area contributed by atoms with Gasteiger partial charge in [-0.15, -0.1) is 0 Å². The molecule has 0 bridgehead atoms. The summed E-state index contributed by atoms with van der Waals surface area (Å²) in [6.07, 6.45) is 6.08. The third kappa shape index (κ3) is 2.49. The van der Waals surface area contributed by atoms with Gasteiger partial charge < -0.3 is 14.8 Å². The fourth-order valence-electron chi connectivity index (χ4n) is 1.46. The third-order valence-corrected chi connectivity index (χ3v) is 2.25. The fraction of sp³-hybridized carbons (Fsp3) is 0.600. The second kappa shape index (κ2) is 4.92. The Balaban J connectivity index is 2.78. The molecule has 1 unspecified atom stereocenters. The Morgan fingerprint density at radius 2 is 2.15 bits per heavy atom. The average Bonchev–Trinajstić information content (AvgIpc) is 2.38. The smallest absolute Gasteiger partial charge is 0.118 e. The zero-order valence-electron chi connectivity index (χ0n) is 8.46. The molecule has 0 fully saturated rings. The maximum Gasteiger partial charge on any atom is 0.118 e. The van der Waals surface area contributed by atoms with E-state index in [1.54, 1.807) is 14.2 Å². The lowest BCUT2D eigenvalue weighted by molar-refractivity contribution is 0.246. The van der Waals surface area contributed by atoms with Crippen LogP contribution in [0.25, 0.3) is 0 Å². The van der Waals surface area contributed by atoms with E-state index >= 15 is 0 Å². The van der Waals surface area contributed by atoms with Gasteiger partial charge in [0.2, 0.25) is 0 Å². The number of allylic oxidation sites excluding steroid dienone is 2. The molecule has 3 heteroatoms. The van der Waals surface area contributed by atoms with Crippen LogP contribution in [0.15, 0.2) is 23.7 Å². The van der Waals surface area contributed by atoms with Crippen LogP contribution < -0.4 is 5.32 Å². The van der Waals surface area contributed by atoms with Gasteiger partial charge in [0.25, 0.3) is 0 Å². The van der Waals surface area contributed by atoms with Crippen LogP contribution in [0.4, 0.5) is 0 Å². The topological polar surface area (TPSA) is 30.5 Å². The first-order valence-electron chi connectivity index (χ1n) is 4.48. The van der Waals surface area contributed by atoms with E-state index in [1.165, 1.54) is 0 Å². The van der Waals surface area contributed by atoms with Gasteiger partial charge in [0.05, 0.1) is 20.3 Å². The summed E-state index contributed by atoms with van der Waals surface area (Å²) in [4.78, 5) is 0. The van der Waals surface area contributed by atoms with E-state index in [-0.39, 0.29) is 0 Å². The van der Waals surface area contributed by atoms with E-state index in [1.807, 2.05) is 13.1 Å². The predicted molar refractivity (Wildman–Crippen MR) is 52.3 cm³/mol. The Kier molecular flexibility index (Phi) is 3.83. The van der Waals surface area contributed by atoms with Crippen LogP contribution in [0.5, 0.6) is 0 Å². The summed E-state index contributed by atoms with van der Waals surface area (Å²) in [5.41, 5.74) is 0. The Morgan fingerprint density at radius 3 is 2.69 bits per heavy atom. The van der Waals surface area contributed by atoms with Crippen molar-refractivity contribution in [1.29, 1.82) is 0 Å². The van der Waals surface area contributed by atoms with Gasteiger partial charge in [0.1, 0.15) is 11.5 Å². The van der Waals surface area contributed by atoms with Crippen molar-refractivity contribution >= 4 is 0 Å². The van der Waals surface area contributed by atoms with Crippen LogP contribution in [0.1, 0.15) is 12.8 Å². The molecule has 0 aromatic carbocycles. The Labute approximate surface area is 79.4 Å². The van der Waals surface area contributed by atoms with E-state index in [0.717, 1.165) is 24.4 Å². The summed E-state index contributed by atoms with van der Waals surface area (Å²) in [7, 11) is 5.30. The summed E-state index contributed by atoms with van der Waals surface area (Å²) < 4.78 is 10.5. The predicted octanol–water partition coefficient (Wildman–Crippen LogP) is 1.43. The van der Waals surface area contributed by atoms with E-state index in [4.69, 9.17) is 9.47 Å². The molecule has 1 rings (SSSR count). The van der Waals surface area contributed by atoms with Crippen LogP contribution in [0.2, 0.25) is 0 Å².